The van der Waals surface area contributed by atoms with Crippen LogP contribution in [0.2, 0.25) is 5.02 Å². The van der Waals surface area contributed by atoms with Crippen LogP contribution in [-0.4, -0.2) is 9.97 Å². The average Bonchev–Trinajstić information content (AvgIpc) is 2.69. The second kappa shape index (κ2) is 7.87. The Bertz CT molecular complexity index is 1140. The molecular weight excluding hydrogens is 368 g/mol. The number of fused-ring (bicyclic) bond motifs is 1. The summed E-state index contributed by atoms with van der Waals surface area (Å²) in [7, 11) is 0. The molecular formula is C23H21ClN4. The molecule has 1 heterocycles. The predicted octanol–water partition coefficient (Wildman–Crippen LogP) is 6.26. The summed E-state index contributed by atoms with van der Waals surface area (Å²) in [6, 6.07) is 22.1. The quantitative estimate of drug-likeness (QED) is 0.424. The van der Waals surface area contributed by atoms with E-state index in [-0.39, 0.29) is 0 Å². The molecule has 3 aromatic carbocycles. The number of hydrogen-bond acceptors (Lipinski definition) is 4. The molecule has 4 aromatic rings. The maximum atomic E-state index is 6.29. The molecule has 0 spiro atoms. The first-order chi connectivity index (χ1) is 13.6. The van der Waals surface area contributed by atoms with Crippen molar-refractivity contribution in [1.82, 2.24) is 9.97 Å². The minimum atomic E-state index is 0.562. The van der Waals surface area contributed by atoms with Gasteiger partial charge in [-0.15, -0.1) is 0 Å². The first kappa shape index (κ1) is 18.3. The molecule has 0 bridgehead atoms. The fraction of sp³-hybridized carbons (Fsp3) is 0.130. The van der Waals surface area contributed by atoms with Crippen LogP contribution in [0.3, 0.4) is 0 Å². The predicted molar refractivity (Wildman–Crippen MR) is 118 cm³/mol. The normalized spacial score (nSPS) is 10.8. The summed E-state index contributed by atoms with van der Waals surface area (Å²) in [4.78, 5) is 9.41. The lowest BCUT2D eigenvalue weighted by molar-refractivity contribution is 1.10. The second-order valence-electron chi connectivity index (χ2n) is 6.80. The summed E-state index contributed by atoms with van der Waals surface area (Å²) in [6.45, 7) is 4.75. The smallest absolute Gasteiger partial charge is 0.229 e. The van der Waals surface area contributed by atoms with Gasteiger partial charge in [-0.25, -0.2) is 4.98 Å². The van der Waals surface area contributed by atoms with Gasteiger partial charge in [-0.1, -0.05) is 59.6 Å². The maximum absolute atomic E-state index is 6.29. The topological polar surface area (TPSA) is 49.8 Å². The Morgan fingerprint density at radius 3 is 2.50 bits per heavy atom. The van der Waals surface area contributed by atoms with Gasteiger partial charge >= 0.3 is 0 Å². The minimum Gasteiger partial charge on any atom is -0.365 e. The van der Waals surface area contributed by atoms with Gasteiger partial charge in [0.15, 0.2) is 0 Å². The zero-order valence-electron chi connectivity index (χ0n) is 15.8. The van der Waals surface area contributed by atoms with Crippen LogP contribution in [-0.2, 0) is 6.54 Å². The number of nitrogens with one attached hydrogen (secondary N) is 2. The van der Waals surface area contributed by atoms with Crippen molar-refractivity contribution < 1.29 is 0 Å². The summed E-state index contributed by atoms with van der Waals surface area (Å²) in [5.41, 5.74) is 5.28. The molecule has 0 aliphatic carbocycles. The third-order valence-corrected chi connectivity index (χ3v) is 5.00. The van der Waals surface area contributed by atoms with Crippen LogP contribution < -0.4 is 10.6 Å². The Morgan fingerprint density at radius 1 is 0.893 bits per heavy atom. The second-order valence-corrected chi connectivity index (χ2v) is 7.21. The monoisotopic (exact) mass is 388 g/mol. The van der Waals surface area contributed by atoms with E-state index in [1.54, 1.807) is 0 Å². The molecule has 140 valence electrons. The number of benzene rings is 3. The van der Waals surface area contributed by atoms with Crippen LogP contribution in [0.1, 0.15) is 16.7 Å². The first-order valence-corrected chi connectivity index (χ1v) is 9.56. The molecule has 4 rings (SSSR count). The van der Waals surface area contributed by atoms with Gasteiger partial charge < -0.3 is 10.6 Å². The third-order valence-electron chi connectivity index (χ3n) is 4.64. The fourth-order valence-corrected chi connectivity index (χ4v) is 3.36. The van der Waals surface area contributed by atoms with Crippen molar-refractivity contribution in [2.24, 2.45) is 0 Å². The Kier molecular flexibility index (Phi) is 5.13. The summed E-state index contributed by atoms with van der Waals surface area (Å²) in [5, 5.41) is 8.48. The van der Waals surface area contributed by atoms with E-state index in [9.17, 15) is 0 Å². The van der Waals surface area contributed by atoms with E-state index in [4.69, 9.17) is 16.6 Å². The molecule has 0 saturated carbocycles. The Balaban J connectivity index is 1.68. The molecule has 0 saturated heterocycles. The van der Waals surface area contributed by atoms with Crippen LogP contribution in [0.15, 0.2) is 66.7 Å². The molecule has 28 heavy (non-hydrogen) atoms. The van der Waals surface area contributed by atoms with Crippen molar-refractivity contribution in [2.75, 3.05) is 10.6 Å². The van der Waals surface area contributed by atoms with Crippen LogP contribution in [0.5, 0.6) is 0 Å². The fourth-order valence-electron chi connectivity index (χ4n) is 3.16. The van der Waals surface area contributed by atoms with Gasteiger partial charge in [0.25, 0.3) is 0 Å². The lowest BCUT2D eigenvalue weighted by Crippen LogP contribution is -2.06. The molecule has 0 amide bonds. The number of halogens is 1. The van der Waals surface area contributed by atoms with Gasteiger partial charge in [0.05, 0.1) is 5.52 Å². The highest BCUT2D eigenvalue weighted by atomic mass is 35.5. The van der Waals surface area contributed by atoms with E-state index in [1.165, 1.54) is 5.56 Å². The Labute approximate surface area is 169 Å². The number of para-hydroxylation sites is 1. The van der Waals surface area contributed by atoms with Crippen molar-refractivity contribution in [3.8, 4) is 0 Å². The van der Waals surface area contributed by atoms with Crippen molar-refractivity contribution in [3.63, 3.8) is 0 Å². The van der Waals surface area contributed by atoms with E-state index >= 15 is 0 Å². The number of aromatic nitrogens is 2. The highest BCUT2D eigenvalue weighted by Crippen LogP contribution is 2.26. The van der Waals surface area contributed by atoms with Gasteiger partial charge in [0.1, 0.15) is 5.82 Å². The molecule has 0 radical (unpaired) electrons. The van der Waals surface area contributed by atoms with Crippen molar-refractivity contribution in [2.45, 2.75) is 20.4 Å². The van der Waals surface area contributed by atoms with E-state index < -0.39 is 0 Å². The maximum Gasteiger partial charge on any atom is 0.229 e. The zero-order valence-corrected chi connectivity index (χ0v) is 16.6. The minimum absolute atomic E-state index is 0.562. The van der Waals surface area contributed by atoms with Crippen LogP contribution in [0.4, 0.5) is 17.5 Å². The number of aryl methyl sites for hydroxylation is 2. The third kappa shape index (κ3) is 3.92. The molecule has 4 nitrogen and oxygen atoms in total. The number of anilines is 3. The van der Waals surface area contributed by atoms with Crippen molar-refractivity contribution >= 4 is 40.0 Å². The standard InChI is InChI=1S/C23H21ClN4/c1-15-11-12-20(16(2)13-15)26-23-27-21-10-6-4-8-18(21)22(28-23)25-14-17-7-3-5-9-19(17)24/h3-13H,14H2,1-2H3,(H2,25,26,27,28). The molecule has 0 atom stereocenters. The van der Waals surface area contributed by atoms with Gasteiger partial charge in [-0.2, -0.15) is 4.98 Å². The lowest BCUT2D eigenvalue weighted by atomic mass is 10.1. The van der Waals surface area contributed by atoms with Crippen molar-refractivity contribution in [3.05, 3.63) is 88.4 Å². The van der Waals surface area contributed by atoms with Crippen LogP contribution >= 0.6 is 11.6 Å². The van der Waals surface area contributed by atoms with Gasteiger partial charge in [0.2, 0.25) is 5.95 Å². The first-order valence-electron chi connectivity index (χ1n) is 9.18. The molecule has 2 N–H and O–H groups in total. The molecule has 0 unspecified atom stereocenters. The van der Waals surface area contributed by atoms with E-state index in [1.807, 2.05) is 48.5 Å². The summed E-state index contributed by atoms with van der Waals surface area (Å²) < 4.78 is 0. The van der Waals surface area contributed by atoms with Gasteiger partial charge in [0, 0.05) is 22.6 Å². The number of rotatable bonds is 5. The molecule has 0 aliphatic rings. The van der Waals surface area contributed by atoms with Crippen LogP contribution in [0, 0.1) is 13.8 Å². The van der Waals surface area contributed by atoms with Gasteiger partial charge in [-0.05, 0) is 49.2 Å². The number of nitrogens with zero attached hydrogens (tertiary/aromatic N) is 2. The highest BCUT2D eigenvalue weighted by molar-refractivity contribution is 6.31. The zero-order chi connectivity index (χ0) is 19.5. The molecule has 5 heteroatoms. The lowest BCUT2D eigenvalue weighted by Gasteiger charge is -2.13. The summed E-state index contributed by atoms with van der Waals surface area (Å²) in [5.74, 6) is 1.34. The SMILES string of the molecule is Cc1ccc(Nc2nc(NCc3ccccc3Cl)c3ccccc3n2)c(C)c1. The van der Waals surface area contributed by atoms with Crippen molar-refractivity contribution in [1.29, 1.82) is 0 Å². The van der Waals surface area contributed by atoms with Crippen LogP contribution in [0.25, 0.3) is 10.9 Å². The molecule has 0 fully saturated rings. The molecule has 1 aromatic heterocycles. The number of hydrogen-bond donors (Lipinski definition) is 2. The summed E-state index contributed by atoms with van der Waals surface area (Å²) in [6.07, 6.45) is 0. The van der Waals surface area contributed by atoms with E-state index in [0.29, 0.717) is 12.5 Å². The largest absolute Gasteiger partial charge is 0.365 e. The average molecular weight is 389 g/mol. The van der Waals surface area contributed by atoms with E-state index in [2.05, 4.69) is 47.7 Å². The van der Waals surface area contributed by atoms with E-state index in [0.717, 1.165) is 38.6 Å². The van der Waals surface area contributed by atoms with Gasteiger partial charge in [-0.3, -0.25) is 0 Å². The Hall–Kier alpha value is -3.11. The summed E-state index contributed by atoms with van der Waals surface area (Å²) >= 11 is 6.29. The molecule has 0 aliphatic heterocycles. The Morgan fingerprint density at radius 2 is 1.68 bits per heavy atom. The highest BCUT2D eigenvalue weighted by Gasteiger charge is 2.09.